The molecule has 0 atom stereocenters. The average Bonchev–Trinajstić information content (AvgIpc) is 2.60. The summed E-state index contributed by atoms with van der Waals surface area (Å²) in [6.45, 7) is 4.76. The second-order valence-electron chi connectivity index (χ2n) is 6.25. The van der Waals surface area contributed by atoms with Crippen molar-refractivity contribution in [2.75, 3.05) is 26.2 Å². The summed E-state index contributed by atoms with van der Waals surface area (Å²) in [5.74, 6) is -1.17. The lowest BCUT2D eigenvalue weighted by atomic mass is 10.1. The van der Waals surface area contributed by atoms with Gasteiger partial charge in [0.1, 0.15) is 5.82 Å². The molecule has 4 nitrogen and oxygen atoms in total. The zero-order valence-electron chi connectivity index (χ0n) is 13.8. The molecule has 1 aliphatic heterocycles. The van der Waals surface area contributed by atoms with Gasteiger partial charge < -0.3 is 5.11 Å². The number of nitrogens with zero attached hydrogens (tertiary/aromatic N) is 2. The van der Waals surface area contributed by atoms with Gasteiger partial charge in [-0.1, -0.05) is 29.8 Å². The summed E-state index contributed by atoms with van der Waals surface area (Å²) in [6.07, 6.45) is 0. The fourth-order valence-corrected chi connectivity index (χ4v) is 3.25. The van der Waals surface area contributed by atoms with E-state index in [0.29, 0.717) is 22.7 Å². The number of hydrogen-bond acceptors (Lipinski definition) is 3. The Kier molecular flexibility index (Phi) is 5.68. The van der Waals surface area contributed by atoms with E-state index < -0.39 is 5.97 Å². The Morgan fingerprint density at radius 2 is 1.60 bits per heavy atom. The molecule has 0 aliphatic carbocycles. The van der Waals surface area contributed by atoms with Crippen molar-refractivity contribution < 1.29 is 14.3 Å². The number of carboxylic acids is 1. The van der Waals surface area contributed by atoms with Gasteiger partial charge in [-0.2, -0.15) is 0 Å². The van der Waals surface area contributed by atoms with Crippen LogP contribution in [0.3, 0.4) is 0 Å². The van der Waals surface area contributed by atoms with E-state index in [1.165, 1.54) is 6.07 Å². The summed E-state index contributed by atoms with van der Waals surface area (Å²) in [5.41, 5.74) is 1.95. The zero-order chi connectivity index (χ0) is 17.8. The molecule has 6 heteroatoms. The monoisotopic (exact) mass is 362 g/mol. The van der Waals surface area contributed by atoms with Crippen molar-refractivity contribution in [3.63, 3.8) is 0 Å². The lowest BCUT2D eigenvalue weighted by Crippen LogP contribution is -2.45. The Labute approximate surface area is 151 Å². The SMILES string of the molecule is O=C(O)c1ccc(CN2CCN(Cc3c(F)cccc3Cl)CC2)cc1. The maximum atomic E-state index is 13.9. The molecule has 0 radical (unpaired) electrons. The second-order valence-corrected chi connectivity index (χ2v) is 6.66. The minimum Gasteiger partial charge on any atom is -0.478 e. The maximum Gasteiger partial charge on any atom is 0.335 e. The van der Waals surface area contributed by atoms with Crippen LogP contribution in [-0.4, -0.2) is 47.1 Å². The molecule has 2 aromatic rings. The molecule has 1 N–H and O–H groups in total. The van der Waals surface area contributed by atoms with E-state index in [1.54, 1.807) is 24.3 Å². The van der Waals surface area contributed by atoms with Crippen molar-refractivity contribution in [3.8, 4) is 0 Å². The minimum absolute atomic E-state index is 0.256. The van der Waals surface area contributed by atoms with Crippen LogP contribution in [0.25, 0.3) is 0 Å². The third-order valence-electron chi connectivity index (χ3n) is 4.52. The van der Waals surface area contributed by atoms with Crippen molar-refractivity contribution in [3.05, 3.63) is 70.0 Å². The maximum absolute atomic E-state index is 13.9. The lowest BCUT2D eigenvalue weighted by Gasteiger charge is -2.35. The largest absolute Gasteiger partial charge is 0.478 e. The van der Waals surface area contributed by atoms with Crippen LogP contribution in [0.4, 0.5) is 4.39 Å². The highest BCUT2D eigenvalue weighted by Crippen LogP contribution is 2.21. The molecule has 0 saturated carbocycles. The number of rotatable bonds is 5. The van der Waals surface area contributed by atoms with Crippen LogP contribution in [0.15, 0.2) is 42.5 Å². The van der Waals surface area contributed by atoms with E-state index in [0.717, 1.165) is 38.3 Å². The van der Waals surface area contributed by atoms with Crippen LogP contribution in [-0.2, 0) is 13.1 Å². The number of aromatic carboxylic acids is 1. The number of benzene rings is 2. The number of halogens is 2. The molecule has 1 saturated heterocycles. The first-order valence-electron chi connectivity index (χ1n) is 8.23. The molecule has 25 heavy (non-hydrogen) atoms. The first-order valence-corrected chi connectivity index (χ1v) is 8.60. The van der Waals surface area contributed by atoms with E-state index in [4.69, 9.17) is 16.7 Å². The van der Waals surface area contributed by atoms with E-state index in [2.05, 4.69) is 9.80 Å². The molecule has 1 aliphatic rings. The average molecular weight is 363 g/mol. The normalized spacial score (nSPS) is 16.1. The summed E-state index contributed by atoms with van der Waals surface area (Å²) in [5, 5.41) is 9.41. The van der Waals surface area contributed by atoms with Gasteiger partial charge in [0.25, 0.3) is 0 Å². The van der Waals surface area contributed by atoms with Gasteiger partial charge in [-0.05, 0) is 29.8 Å². The van der Waals surface area contributed by atoms with Crippen LogP contribution in [0.2, 0.25) is 5.02 Å². The summed E-state index contributed by atoms with van der Waals surface area (Å²) < 4.78 is 13.9. The molecule has 3 rings (SSSR count). The summed E-state index contributed by atoms with van der Waals surface area (Å²) in [7, 11) is 0. The van der Waals surface area contributed by atoms with Crippen LogP contribution >= 0.6 is 11.6 Å². The molecule has 132 valence electrons. The first-order chi connectivity index (χ1) is 12.0. The molecule has 0 unspecified atom stereocenters. The predicted octanol–water partition coefficient (Wildman–Crippen LogP) is 3.50. The standard InChI is InChI=1S/C19H20ClFN2O2/c20-17-2-1-3-18(21)16(17)13-23-10-8-22(9-11-23)12-14-4-6-15(7-5-14)19(24)25/h1-7H,8-13H2,(H,24,25). The Morgan fingerprint density at radius 3 is 2.16 bits per heavy atom. The van der Waals surface area contributed by atoms with E-state index >= 15 is 0 Å². The fourth-order valence-electron chi connectivity index (χ4n) is 3.02. The molecule has 0 bridgehead atoms. The summed E-state index contributed by atoms with van der Waals surface area (Å²) >= 11 is 6.10. The van der Waals surface area contributed by atoms with Crippen LogP contribution in [0.1, 0.15) is 21.5 Å². The van der Waals surface area contributed by atoms with Gasteiger partial charge >= 0.3 is 5.97 Å². The first kappa shape index (κ1) is 17.9. The lowest BCUT2D eigenvalue weighted by molar-refractivity contribution is 0.0697. The molecule has 2 aromatic carbocycles. The number of carboxylic acid groups (broad SMARTS) is 1. The second kappa shape index (κ2) is 7.95. The van der Waals surface area contributed by atoms with Gasteiger partial charge in [-0.3, -0.25) is 9.80 Å². The molecule has 1 fully saturated rings. The van der Waals surface area contributed by atoms with Crippen molar-refractivity contribution in [1.82, 2.24) is 9.80 Å². The molecule has 1 heterocycles. The van der Waals surface area contributed by atoms with Crippen LogP contribution in [0.5, 0.6) is 0 Å². The third-order valence-corrected chi connectivity index (χ3v) is 4.87. The van der Waals surface area contributed by atoms with E-state index in [9.17, 15) is 9.18 Å². The van der Waals surface area contributed by atoms with Crippen LogP contribution in [0, 0.1) is 5.82 Å². The van der Waals surface area contributed by atoms with Crippen LogP contribution < -0.4 is 0 Å². The number of hydrogen-bond donors (Lipinski definition) is 1. The topological polar surface area (TPSA) is 43.8 Å². The molecule has 0 amide bonds. The summed E-state index contributed by atoms with van der Waals surface area (Å²) in [4.78, 5) is 15.4. The van der Waals surface area contributed by atoms with Crippen molar-refractivity contribution in [1.29, 1.82) is 0 Å². The Morgan fingerprint density at radius 1 is 1.00 bits per heavy atom. The number of piperazine rings is 1. The van der Waals surface area contributed by atoms with Gasteiger partial charge in [-0.15, -0.1) is 0 Å². The fraction of sp³-hybridized carbons (Fsp3) is 0.316. The smallest absolute Gasteiger partial charge is 0.335 e. The van der Waals surface area contributed by atoms with Gasteiger partial charge in [0, 0.05) is 49.9 Å². The Bertz CT molecular complexity index is 723. The summed E-state index contributed by atoms with van der Waals surface area (Å²) in [6, 6.07) is 11.8. The number of carbonyl (C=O) groups is 1. The quantitative estimate of drug-likeness (QED) is 0.884. The van der Waals surface area contributed by atoms with Crippen molar-refractivity contribution >= 4 is 17.6 Å². The highest BCUT2D eigenvalue weighted by atomic mass is 35.5. The van der Waals surface area contributed by atoms with Gasteiger partial charge in [0.2, 0.25) is 0 Å². The Balaban J connectivity index is 1.52. The van der Waals surface area contributed by atoms with Crippen molar-refractivity contribution in [2.24, 2.45) is 0 Å². The van der Waals surface area contributed by atoms with Crippen molar-refractivity contribution in [2.45, 2.75) is 13.1 Å². The molecule has 0 aromatic heterocycles. The van der Waals surface area contributed by atoms with Gasteiger partial charge in [0.05, 0.1) is 5.56 Å². The van der Waals surface area contributed by atoms with Gasteiger partial charge in [0.15, 0.2) is 0 Å². The third kappa shape index (κ3) is 4.57. The van der Waals surface area contributed by atoms with E-state index in [-0.39, 0.29) is 5.82 Å². The zero-order valence-corrected chi connectivity index (χ0v) is 14.5. The Hall–Kier alpha value is -1.95. The van der Waals surface area contributed by atoms with Gasteiger partial charge in [-0.25, -0.2) is 9.18 Å². The van der Waals surface area contributed by atoms with E-state index in [1.807, 2.05) is 12.1 Å². The highest BCUT2D eigenvalue weighted by molar-refractivity contribution is 6.31. The molecule has 0 spiro atoms. The minimum atomic E-state index is -0.910. The molecular formula is C19H20ClFN2O2. The molecular weight excluding hydrogens is 343 g/mol. The highest BCUT2D eigenvalue weighted by Gasteiger charge is 2.19. The predicted molar refractivity (Wildman–Crippen MR) is 95.4 cm³/mol.